The fourth-order valence-electron chi connectivity index (χ4n) is 4.48. The number of fused-ring (bicyclic) bond motifs is 1. The molecule has 1 unspecified atom stereocenters. The number of thioether (sulfide) groups is 1. The number of benzene rings is 1. The zero-order valence-electron chi connectivity index (χ0n) is 19.0. The first-order valence-electron chi connectivity index (χ1n) is 11.3. The van der Waals surface area contributed by atoms with Gasteiger partial charge in [-0.2, -0.15) is 11.8 Å². The van der Waals surface area contributed by atoms with Gasteiger partial charge >= 0.3 is 0 Å². The third-order valence-electron chi connectivity index (χ3n) is 6.32. The summed E-state index contributed by atoms with van der Waals surface area (Å²) >= 11 is 1.77. The molecule has 1 aromatic carbocycles. The van der Waals surface area contributed by atoms with Crippen molar-refractivity contribution in [3.8, 4) is 0 Å². The van der Waals surface area contributed by atoms with Crippen molar-refractivity contribution in [1.82, 2.24) is 19.2 Å². The van der Waals surface area contributed by atoms with Gasteiger partial charge in [-0.3, -0.25) is 9.59 Å². The molecule has 1 amide bonds. The molecule has 0 aliphatic carbocycles. The maximum atomic E-state index is 12.6. The summed E-state index contributed by atoms with van der Waals surface area (Å²) in [5.74, 6) is 1.38. The molecule has 1 atom stereocenters. The van der Waals surface area contributed by atoms with Gasteiger partial charge in [0.15, 0.2) is 0 Å². The molecule has 3 heterocycles. The summed E-state index contributed by atoms with van der Waals surface area (Å²) in [4.78, 5) is 33.5. The lowest BCUT2D eigenvalue weighted by atomic mass is 10.1. The highest BCUT2D eigenvalue weighted by Crippen LogP contribution is 2.26. The van der Waals surface area contributed by atoms with E-state index in [9.17, 15) is 18.0 Å². The third kappa shape index (κ3) is 6.07. The van der Waals surface area contributed by atoms with Crippen LogP contribution in [0.3, 0.4) is 0 Å². The summed E-state index contributed by atoms with van der Waals surface area (Å²) in [7, 11) is -3.21. The number of aromatic amines is 1. The number of carbonyl (C=O) groups excluding carboxylic acids is 1. The highest BCUT2D eigenvalue weighted by Gasteiger charge is 2.26. The van der Waals surface area contributed by atoms with Crippen molar-refractivity contribution in [2.24, 2.45) is 0 Å². The van der Waals surface area contributed by atoms with E-state index in [-0.39, 0.29) is 17.5 Å². The topological polar surface area (TPSA) is 115 Å². The van der Waals surface area contributed by atoms with Gasteiger partial charge in [0.1, 0.15) is 5.82 Å². The first-order chi connectivity index (χ1) is 15.7. The van der Waals surface area contributed by atoms with Crippen molar-refractivity contribution in [2.75, 3.05) is 37.8 Å². The number of anilines is 1. The quantitative estimate of drug-likeness (QED) is 0.632. The molecule has 2 saturated heterocycles. The first-order valence-corrected chi connectivity index (χ1v) is 14.2. The summed E-state index contributed by atoms with van der Waals surface area (Å²) < 4.78 is 25.3. The predicted octanol–water partition coefficient (Wildman–Crippen LogP) is 2.00. The molecule has 33 heavy (non-hydrogen) atoms. The number of hydrogen-bond acceptors (Lipinski definition) is 7. The van der Waals surface area contributed by atoms with Crippen molar-refractivity contribution >= 4 is 44.3 Å². The second-order valence-corrected chi connectivity index (χ2v) is 12.1. The molecule has 2 N–H and O–H groups in total. The van der Waals surface area contributed by atoms with Crippen molar-refractivity contribution < 1.29 is 13.2 Å². The number of likely N-dealkylation sites (tertiary alicyclic amines) is 1. The highest BCUT2D eigenvalue weighted by atomic mass is 32.2. The van der Waals surface area contributed by atoms with Crippen LogP contribution in [-0.4, -0.2) is 77.2 Å². The van der Waals surface area contributed by atoms with E-state index in [2.05, 4.69) is 15.3 Å². The lowest BCUT2D eigenvalue weighted by Gasteiger charge is -2.32. The Morgan fingerprint density at radius 2 is 2.00 bits per heavy atom. The van der Waals surface area contributed by atoms with Gasteiger partial charge in [-0.1, -0.05) is 0 Å². The van der Waals surface area contributed by atoms with E-state index >= 15 is 0 Å². The van der Waals surface area contributed by atoms with Gasteiger partial charge < -0.3 is 15.2 Å². The largest absolute Gasteiger partial charge is 0.381 e. The van der Waals surface area contributed by atoms with Gasteiger partial charge in [-0.05, 0) is 43.9 Å². The summed E-state index contributed by atoms with van der Waals surface area (Å²) in [6, 6.07) is 5.48. The Kier molecular flexibility index (Phi) is 7.30. The average Bonchev–Trinajstić information content (AvgIpc) is 2.77. The van der Waals surface area contributed by atoms with E-state index in [4.69, 9.17) is 0 Å². The second kappa shape index (κ2) is 10.0. The summed E-state index contributed by atoms with van der Waals surface area (Å²) in [6.45, 7) is 4.16. The van der Waals surface area contributed by atoms with E-state index < -0.39 is 10.0 Å². The van der Waals surface area contributed by atoms with Crippen molar-refractivity contribution in [3.63, 3.8) is 0 Å². The van der Waals surface area contributed by atoms with Crippen molar-refractivity contribution in [1.29, 1.82) is 0 Å². The summed E-state index contributed by atoms with van der Waals surface area (Å²) in [6.07, 6.45) is 4.83. The van der Waals surface area contributed by atoms with E-state index in [0.29, 0.717) is 40.8 Å². The lowest BCUT2D eigenvalue weighted by Crippen LogP contribution is -2.44. The fraction of sp³-hybridized carbons (Fsp3) is 0.591. The molecule has 9 nitrogen and oxygen atoms in total. The minimum Gasteiger partial charge on any atom is -0.381 e. The standard InChI is InChI=1S/C22H31N5O4S2/c1-15(28)26-10-7-18(8-11-26)32-14-21-24-20-12-16(5-6-19(20)22(29)25-21)23-17-4-3-9-27(13-17)33(2,30)31/h5-6,12,17-18,23H,3-4,7-11,13-14H2,1-2H3,(H,24,25,29). The van der Waals surface area contributed by atoms with E-state index in [1.807, 2.05) is 17.0 Å². The van der Waals surface area contributed by atoms with Crippen LogP contribution in [-0.2, 0) is 20.6 Å². The van der Waals surface area contributed by atoms with Crippen molar-refractivity contribution in [2.45, 2.75) is 49.7 Å². The van der Waals surface area contributed by atoms with Gasteiger partial charge in [0.25, 0.3) is 5.56 Å². The molecular formula is C22H31N5O4S2. The van der Waals surface area contributed by atoms with Gasteiger partial charge in [-0.25, -0.2) is 17.7 Å². The molecule has 11 heteroatoms. The number of aromatic nitrogens is 2. The third-order valence-corrected chi connectivity index (χ3v) is 8.98. The maximum absolute atomic E-state index is 12.6. The molecule has 2 aromatic rings. The average molecular weight is 494 g/mol. The van der Waals surface area contributed by atoms with Gasteiger partial charge in [0.05, 0.1) is 22.9 Å². The number of amides is 1. The number of carbonyl (C=O) groups is 1. The molecule has 0 bridgehead atoms. The van der Waals surface area contributed by atoms with Gasteiger partial charge in [0, 0.05) is 50.1 Å². The van der Waals surface area contributed by atoms with Crippen LogP contribution in [0.25, 0.3) is 10.9 Å². The van der Waals surface area contributed by atoms with E-state index in [1.165, 1.54) is 10.6 Å². The normalized spacial score (nSPS) is 20.8. The molecule has 0 saturated carbocycles. The highest BCUT2D eigenvalue weighted by molar-refractivity contribution is 7.99. The Labute approximate surface area is 198 Å². The smallest absolute Gasteiger partial charge is 0.258 e. The van der Waals surface area contributed by atoms with Crippen LogP contribution in [0.2, 0.25) is 0 Å². The van der Waals surface area contributed by atoms with Crippen molar-refractivity contribution in [3.05, 3.63) is 34.4 Å². The van der Waals surface area contributed by atoms with E-state index in [0.717, 1.165) is 44.5 Å². The van der Waals surface area contributed by atoms with Crippen LogP contribution in [0.1, 0.15) is 38.4 Å². The second-order valence-electron chi connectivity index (χ2n) is 8.87. The minimum absolute atomic E-state index is 0.0174. The van der Waals surface area contributed by atoms with Gasteiger partial charge in [-0.15, -0.1) is 0 Å². The zero-order valence-corrected chi connectivity index (χ0v) is 20.7. The SMILES string of the molecule is CC(=O)N1CCC(SCc2nc3cc(NC4CCCN(S(C)(=O)=O)C4)ccc3c(=O)[nH]2)CC1. The molecule has 2 aliphatic rings. The molecular weight excluding hydrogens is 462 g/mol. The Bertz CT molecular complexity index is 1180. The van der Waals surface area contributed by atoms with Crippen LogP contribution < -0.4 is 10.9 Å². The van der Waals surface area contributed by atoms with Crippen LogP contribution >= 0.6 is 11.8 Å². The van der Waals surface area contributed by atoms with Crippen LogP contribution in [0, 0.1) is 0 Å². The number of sulfonamides is 1. The Morgan fingerprint density at radius 1 is 1.24 bits per heavy atom. The Hall–Kier alpha value is -2.11. The molecule has 2 fully saturated rings. The van der Waals surface area contributed by atoms with Crippen LogP contribution in [0.15, 0.2) is 23.0 Å². The summed E-state index contributed by atoms with van der Waals surface area (Å²) in [5.41, 5.74) is 1.30. The number of hydrogen-bond donors (Lipinski definition) is 2. The molecule has 2 aliphatic heterocycles. The molecule has 180 valence electrons. The Balaban J connectivity index is 1.42. The first kappa shape index (κ1) is 24.0. The number of H-pyrrole nitrogens is 1. The maximum Gasteiger partial charge on any atom is 0.258 e. The molecule has 4 rings (SSSR count). The van der Waals surface area contributed by atoms with E-state index in [1.54, 1.807) is 24.8 Å². The molecule has 0 spiro atoms. The Morgan fingerprint density at radius 3 is 2.70 bits per heavy atom. The monoisotopic (exact) mass is 493 g/mol. The predicted molar refractivity (Wildman–Crippen MR) is 132 cm³/mol. The van der Waals surface area contributed by atoms with Crippen LogP contribution in [0.4, 0.5) is 5.69 Å². The van der Waals surface area contributed by atoms with Crippen LogP contribution in [0.5, 0.6) is 0 Å². The number of nitrogens with zero attached hydrogens (tertiary/aromatic N) is 3. The number of rotatable bonds is 6. The zero-order chi connectivity index (χ0) is 23.6. The fourth-order valence-corrected chi connectivity index (χ4v) is 6.46. The number of piperidine rings is 2. The summed E-state index contributed by atoms with van der Waals surface area (Å²) in [5, 5.41) is 4.39. The molecule has 0 radical (unpaired) electrons. The van der Waals surface area contributed by atoms with Gasteiger partial charge in [0.2, 0.25) is 15.9 Å². The minimum atomic E-state index is -3.21. The number of nitrogens with one attached hydrogen (secondary N) is 2. The lowest BCUT2D eigenvalue weighted by molar-refractivity contribution is -0.129. The molecule has 1 aromatic heterocycles.